The van der Waals surface area contributed by atoms with Crippen LogP contribution in [0.2, 0.25) is 0 Å². The molecular weight excluding hydrogens is 182 g/mol. The lowest BCUT2D eigenvalue weighted by Gasteiger charge is -2.18. The van der Waals surface area contributed by atoms with Gasteiger partial charge in [0.2, 0.25) is 0 Å². The Morgan fingerprint density at radius 3 is 2.40 bits per heavy atom. The van der Waals surface area contributed by atoms with Gasteiger partial charge in [0, 0.05) is 12.6 Å². The lowest BCUT2D eigenvalue weighted by molar-refractivity contribution is 0.426. The van der Waals surface area contributed by atoms with E-state index < -0.39 is 0 Å². The summed E-state index contributed by atoms with van der Waals surface area (Å²) in [6.07, 6.45) is 0. The molecule has 1 aromatic rings. The summed E-state index contributed by atoms with van der Waals surface area (Å²) in [6.45, 7) is 12.1. The average molecular weight is 205 g/mol. The zero-order valence-corrected chi connectivity index (χ0v) is 10.6. The van der Waals surface area contributed by atoms with E-state index in [0.29, 0.717) is 12.0 Å². The van der Waals surface area contributed by atoms with Crippen molar-refractivity contribution in [3.05, 3.63) is 34.9 Å². The second-order valence-electron chi connectivity index (χ2n) is 4.84. The second-order valence-corrected chi connectivity index (χ2v) is 4.84. The monoisotopic (exact) mass is 205 g/mol. The number of benzene rings is 1. The Morgan fingerprint density at radius 2 is 1.80 bits per heavy atom. The molecule has 1 nitrogen and oxygen atoms in total. The van der Waals surface area contributed by atoms with Crippen molar-refractivity contribution in [1.29, 1.82) is 0 Å². The summed E-state index contributed by atoms with van der Waals surface area (Å²) < 4.78 is 0. The van der Waals surface area contributed by atoms with Gasteiger partial charge in [0.25, 0.3) is 0 Å². The standard InChI is InChI=1S/C14H23N/c1-10(2)13(5)15-9-14-8-11(3)6-7-12(14)4/h6-8,10,13,15H,9H2,1-5H3. The smallest absolute Gasteiger partial charge is 0.0210 e. The fraction of sp³-hybridized carbons (Fsp3) is 0.571. The zero-order chi connectivity index (χ0) is 11.4. The van der Waals surface area contributed by atoms with Crippen LogP contribution in [0.25, 0.3) is 0 Å². The van der Waals surface area contributed by atoms with Gasteiger partial charge in [0.1, 0.15) is 0 Å². The lowest BCUT2D eigenvalue weighted by Crippen LogP contribution is -2.30. The van der Waals surface area contributed by atoms with Crippen LogP contribution >= 0.6 is 0 Å². The number of rotatable bonds is 4. The number of hydrogen-bond acceptors (Lipinski definition) is 1. The zero-order valence-electron chi connectivity index (χ0n) is 10.6. The van der Waals surface area contributed by atoms with Crippen LogP contribution in [0, 0.1) is 19.8 Å². The van der Waals surface area contributed by atoms with Crippen molar-refractivity contribution >= 4 is 0 Å². The first-order chi connectivity index (χ1) is 7.00. The topological polar surface area (TPSA) is 12.0 Å². The molecule has 0 saturated carbocycles. The Morgan fingerprint density at radius 1 is 1.13 bits per heavy atom. The third-order valence-electron chi connectivity index (χ3n) is 3.12. The van der Waals surface area contributed by atoms with E-state index >= 15 is 0 Å². The fourth-order valence-electron chi connectivity index (χ4n) is 1.50. The largest absolute Gasteiger partial charge is 0.310 e. The van der Waals surface area contributed by atoms with E-state index in [2.05, 4.69) is 58.1 Å². The lowest BCUT2D eigenvalue weighted by atomic mass is 10.0. The molecule has 1 heteroatoms. The molecule has 1 rings (SSSR count). The van der Waals surface area contributed by atoms with E-state index in [1.165, 1.54) is 16.7 Å². The SMILES string of the molecule is Cc1ccc(C)c(CNC(C)C(C)C)c1. The van der Waals surface area contributed by atoms with Crippen LogP contribution in [0.4, 0.5) is 0 Å². The maximum absolute atomic E-state index is 3.57. The molecule has 0 bridgehead atoms. The highest BCUT2D eigenvalue weighted by atomic mass is 14.9. The summed E-state index contributed by atoms with van der Waals surface area (Å²) in [5, 5.41) is 3.57. The Labute approximate surface area is 93.9 Å². The minimum atomic E-state index is 0.574. The summed E-state index contributed by atoms with van der Waals surface area (Å²) in [5.74, 6) is 0.690. The number of aryl methyl sites for hydroxylation is 2. The van der Waals surface area contributed by atoms with E-state index in [1.807, 2.05) is 0 Å². The van der Waals surface area contributed by atoms with Gasteiger partial charge in [-0.25, -0.2) is 0 Å². The molecule has 0 saturated heterocycles. The normalized spacial score (nSPS) is 13.2. The molecule has 15 heavy (non-hydrogen) atoms. The third kappa shape index (κ3) is 3.67. The molecule has 0 heterocycles. The van der Waals surface area contributed by atoms with Gasteiger partial charge in [-0.1, -0.05) is 37.6 Å². The van der Waals surface area contributed by atoms with Crippen molar-refractivity contribution in [1.82, 2.24) is 5.32 Å². The third-order valence-corrected chi connectivity index (χ3v) is 3.12. The molecule has 1 atom stereocenters. The fourth-order valence-corrected chi connectivity index (χ4v) is 1.50. The van der Waals surface area contributed by atoms with Gasteiger partial charge in [-0.3, -0.25) is 0 Å². The van der Waals surface area contributed by atoms with Crippen molar-refractivity contribution in [2.24, 2.45) is 5.92 Å². The van der Waals surface area contributed by atoms with Crippen molar-refractivity contribution < 1.29 is 0 Å². The number of nitrogens with one attached hydrogen (secondary N) is 1. The Bertz CT molecular complexity index is 315. The molecule has 1 aromatic carbocycles. The van der Waals surface area contributed by atoms with Gasteiger partial charge in [0.05, 0.1) is 0 Å². The predicted molar refractivity (Wildman–Crippen MR) is 67.1 cm³/mol. The molecule has 0 fully saturated rings. The van der Waals surface area contributed by atoms with Crippen LogP contribution < -0.4 is 5.32 Å². The predicted octanol–water partition coefficient (Wildman–Crippen LogP) is 3.44. The molecule has 84 valence electrons. The first-order valence-corrected chi connectivity index (χ1v) is 5.80. The molecule has 0 aliphatic heterocycles. The van der Waals surface area contributed by atoms with Gasteiger partial charge in [-0.15, -0.1) is 0 Å². The molecular formula is C14H23N. The van der Waals surface area contributed by atoms with Crippen LogP contribution in [0.3, 0.4) is 0 Å². The number of hydrogen-bond donors (Lipinski definition) is 1. The van der Waals surface area contributed by atoms with Crippen molar-refractivity contribution in [3.63, 3.8) is 0 Å². The van der Waals surface area contributed by atoms with Crippen molar-refractivity contribution in [3.8, 4) is 0 Å². The summed E-state index contributed by atoms with van der Waals surface area (Å²) in [7, 11) is 0. The summed E-state index contributed by atoms with van der Waals surface area (Å²) in [5.41, 5.74) is 4.14. The summed E-state index contributed by atoms with van der Waals surface area (Å²) >= 11 is 0. The first-order valence-electron chi connectivity index (χ1n) is 5.80. The van der Waals surface area contributed by atoms with E-state index in [4.69, 9.17) is 0 Å². The van der Waals surface area contributed by atoms with Gasteiger partial charge in [0.15, 0.2) is 0 Å². The van der Waals surface area contributed by atoms with Gasteiger partial charge in [-0.05, 0) is 37.8 Å². The molecule has 1 N–H and O–H groups in total. The highest BCUT2D eigenvalue weighted by Crippen LogP contribution is 2.11. The maximum atomic E-state index is 3.57. The minimum absolute atomic E-state index is 0.574. The van der Waals surface area contributed by atoms with Crippen LogP contribution in [-0.4, -0.2) is 6.04 Å². The molecule has 1 unspecified atom stereocenters. The molecule has 0 radical (unpaired) electrons. The average Bonchev–Trinajstić information content (AvgIpc) is 2.18. The highest BCUT2D eigenvalue weighted by Gasteiger charge is 2.06. The molecule has 0 amide bonds. The molecule has 0 aromatic heterocycles. The Balaban J connectivity index is 2.61. The van der Waals surface area contributed by atoms with Crippen LogP contribution in [0.15, 0.2) is 18.2 Å². The van der Waals surface area contributed by atoms with Gasteiger partial charge < -0.3 is 5.32 Å². The van der Waals surface area contributed by atoms with Gasteiger partial charge in [-0.2, -0.15) is 0 Å². The summed E-state index contributed by atoms with van der Waals surface area (Å²) in [4.78, 5) is 0. The highest BCUT2D eigenvalue weighted by molar-refractivity contribution is 5.30. The van der Waals surface area contributed by atoms with Crippen LogP contribution in [0.1, 0.15) is 37.5 Å². The van der Waals surface area contributed by atoms with Gasteiger partial charge >= 0.3 is 0 Å². The van der Waals surface area contributed by atoms with Crippen molar-refractivity contribution in [2.75, 3.05) is 0 Å². The maximum Gasteiger partial charge on any atom is 0.0210 e. The minimum Gasteiger partial charge on any atom is -0.310 e. The van der Waals surface area contributed by atoms with E-state index in [1.54, 1.807) is 0 Å². The Kier molecular flexibility index (Phi) is 4.34. The second kappa shape index (κ2) is 5.32. The van der Waals surface area contributed by atoms with E-state index in [0.717, 1.165) is 6.54 Å². The van der Waals surface area contributed by atoms with E-state index in [-0.39, 0.29) is 0 Å². The Hall–Kier alpha value is -0.820. The summed E-state index contributed by atoms with van der Waals surface area (Å²) in [6, 6.07) is 7.22. The van der Waals surface area contributed by atoms with E-state index in [9.17, 15) is 0 Å². The van der Waals surface area contributed by atoms with Crippen LogP contribution in [0.5, 0.6) is 0 Å². The molecule has 0 spiro atoms. The van der Waals surface area contributed by atoms with Crippen molar-refractivity contribution in [2.45, 2.75) is 47.2 Å². The molecule has 0 aliphatic carbocycles. The van der Waals surface area contributed by atoms with Crippen LogP contribution in [-0.2, 0) is 6.54 Å². The quantitative estimate of drug-likeness (QED) is 0.794. The first kappa shape index (κ1) is 12.3. The molecule has 0 aliphatic rings.